The monoisotopic (exact) mass is 566 g/mol. The first-order chi connectivity index (χ1) is 21.8. The predicted molar refractivity (Wildman–Crippen MR) is 182 cm³/mol. The highest BCUT2D eigenvalue weighted by Gasteiger charge is 2.43. The van der Waals surface area contributed by atoms with Gasteiger partial charge in [0.05, 0.1) is 28.5 Å². The molecule has 0 radical (unpaired) electrons. The van der Waals surface area contributed by atoms with E-state index in [1.165, 1.54) is 33.1 Å². The summed E-state index contributed by atoms with van der Waals surface area (Å²) < 4.78 is 2.44. The van der Waals surface area contributed by atoms with Crippen LogP contribution < -0.4 is 10.2 Å². The Hall–Kier alpha value is -5.61. The molecule has 0 fully saturated rings. The lowest BCUT2D eigenvalue weighted by molar-refractivity contribution is 0.531. The number of hydrogen-bond acceptors (Lipinski definition) is 3. The minimum atomic E-state index is -0.317. The second kappa shape index (κ2) is 9.99. The average Bonchev–Trinajstić information content (AvgIpc) is 3.62. The number of fused-ring (bicyclic) bond motifs is 7. The lowest BCUT2D eigenvalue weighted by atomic mass is 9.91. The van der Waals surface area contributed by atoms with E-state index in [0.29, 0.717) is 0 Å². The SMILES string of the molecule is C1=CC2c3ccc4c5ccccc5n(-c5ccccc5)c4c3N(C3N=C(c4ccccc4)C=C(c4ccccc4)N3)C2C=C1. The van der Waals surface area contributed by atoms with Crippen molar-refractivity contribution in [3.05, 3.63) is 174 Å². The minimum Gasteiger partial charge on any atom is -0.346 e. The molecule has 4 nitrogen and oxygen atoms in total. The summed E-state index contributed by atoms with van der Waals surface area (Å²) >= 11 is 0. The Labute approximate surface area is 256 Å². The highest BCUT2D eigenvalue weighted by Crippen LogP contribution is 2.51. The molecule has 1 N–H and O–H groups in total. The number of aliphatic imine (C=N–C) groups is 1. The maximum Gasteiger partial charge on any atom is 0.197 e. The molecule has 5 aromatic carbocycles. The Kier molecular flexibility index (Phi) is 5.66. The molecule has 2 aliphatic heterocycles. The van der Waals surface area contributed by atoms with Crippen LogP contribution >= 0.6 is 0 Å². The summed E-state index contributed by atoms with van der Waals surface area (Å²) in [6.07, 6.45) is 10.9. The van der Waals surface area contributed by atoms with E-state index in [0.717, 1.165) is 28.2 Å². The number of nitrogens with one attached hydrogen (secondary N) is 1. The maximum absolute atomic E-state index is 5.45. The molecule has 0 saturated heterocycles. The van der Waals surface area contributed by atoms with Gasteiger partial charge in [-0.25, -0.2) is 4.99 Å². The van der Waals surface area contributed by atoms with Crippen LogP contribution in [0.4, 0.5) is 5.69 Å². The normalized spacial score (nSPS) is 20.3. The standard InChI is InChI=1S/C40H30N4/c1-4-14-27(15-5-1)34-26-35(28-16-6-2-7-17-28)42-40(41-34)44-37-23-13-11-21-31(37)33-25-24-32-30-20-10-12-22-36(30)43(38(32)39(33)44)29-18-8-3-9-19-29/h1-26,31,37,40-41H. The molecule has 4 heteroatoms. The van der Waals surface area contributed by atoms with Crippen LogP contribution in [0.1, 0.15) is 22.6 Å². The van der Waals surface area contributed by atoms with Crippen LogP contribution in [0.2, 0.25) is 0 Å². The first-order valence-electron chi connectivity index (χ1n) is 15.3. The fourth-order valence-electron chi connectivity index (χ4n) is 7.23. The van der Waals surface area contributed by atoms with E-state index in [2.05, 4.69) is 173 Å². The van der Waals surface area contributed by atoms with E-state index >= 15 is 0 Å². The number of nitrogens with zero attached hydrogens (tertiary/aromatic N) is 3. The molecular weight excluding hydrogens is 536 g/mol. The van der Waals surface area contributed by atoms with E-state index < -0.39 is 0 Å². The van der Waals surface area contributed by atoms with Crippen LogP contribution in [-0.2, 0) is 0 Å². The van der Waals surface area contributed by atoms with Gasteiger partial charge in [-0.2, -0.15) is 0 Å². The van der Waals surface area contributed by atoms with Crippen LogP contribution in [-0.4, -0.2) is 22.6 Å². The van der Waals surface area contributed by atoms with Gasteiger partial charge in [0.15, 0.2) is 6.29 Å². The zero-order valence-corrected chi connectivity index (χ0v) is 24.1. The highest BCUT2D eigenvalue weighted by molar-refractivity contribution is 6.15. The first-order valence-corrected chi connectivity index (χ1v) is 15.3. The lowest BCUT2D eigenvalue weighted by Gasteiger charge is -2.37. The Bertz CT molecular complexity index is 2150. The van der Waals surface area contributed by atoms with Gasteiger partial charge >= 0.3 is 0 Å². The highest BCUT2D eigenvalue weighted by atomic mass is 15.4. The van der Waals surface area contributed by atoms with Gasteiger partial charge in [0.1, 0.15) is 0 Å². The minimum absolute atomic E-state index is 0.122. The van der Waals surface area contributed by atoms with Crippen molar-refractivity contribution in [2.45, 2.75) is 18.2 Å². The molecule has 3 unspecified atom stereocenters. The molecule has 9 rings (SSSR count). The molecular formula is C40H30N4. The third-order valence-electron chi connectivity index (χ3n) is 9.14. The van der Waals surface area contributed by atoms with E-state index in [1.807, 2.05) is 0 Å². The molecule has 3 atom stereocenters. The summed E-state index contributed by atoms with van der Waals surface area (Å²) in [4.78, 5) is 7.98. The molecule has 3 heterocycles. The summed E-state index contributed by atoms with van der Waals surface area (Å²) in [5, 5.41) is 6.38. The average molecular weight is 567 g/mol. The smallest absolute Gasteiger partial charge is 0.197 e. The van der Waals surface area contributed by atoms with Gasteiger partial charge in [-0.05, 0) is 41.0 Å². The van der Waals surface area contributed by atoms with Gasteiger partial charge < -0.3 is 14.8 Å². The van der Waals surface area contributed by atoms with E-state index in [1.54, 1.807) is 0 Å². The molecule has 3 aliphatic rings. The molecule has 1 aromatic heterocycles. The van der Waals surface area contributed by atoms with E-state index in [9.17, 15) is 0 Å². The molecule has 0 amide bonds. The van der Waals surface area contributed by atoms with Crippen LogP contribution in [0, 0.1) is 0 Å². The number of allylic oxidation sites excluding steroid dienone is 3. The van der Waals surface area contributed by atoms with Gasteiger partial charge in [0.2, 0.25) is 0 Å². The largest absolute Gasteiger partial charge is 0.346 e. The molecule has 0 spiro atoms. The molecule has 0 saturated carbocycles. The fraction of sp³-hybridized carbons (Fsp3) is 0.0750. The molecule has 1 aliphatic carbocycles. The molecule has 210 valence electrons. The van der Waals surface area contributed by atoms with Crippen molar-refractivity contribution >= 4 is 38.9 Å². The van der Waals surface area contributed by atoms with Crippen molar-refractivity contribution in [1.82, 2.24) is 9.88 Å². The van der Waals surface area contributed by atoms with Crippen molar-refractivity contribution in [2.75, 3.05) is 4.90 Å². The van der Waals surface area contributed by atoms with Gasteiger partial charge in [-0.15, -0.1) is 0 Å². The fourth-order valence-corrected chi connectivity index (χ4v) is 7.23. The number of anilines is 1. The van der Waals surface area contributed by atoms with Gasteiger partial charge in [-0.1, -0.05) is 133 Å². The van der Waals surface area contributed by atoms with Crippen molar-refractivity contribution < 1.29 is 0 Å². The zero-order valence-electron chi connectivity index (χ0n) is 24.1. The summed E-state index contributed by atoms with van der Waals surface area (Å²) in [7, 11) is 0. The number of aromatic nitrogens is 1. The Morgan fingerprint density at radius 3 is 2.09 bits per heavy atom. The van der Waals surface area contributed by atoms with Gasteiger partial charge in [0, 0.05) is 28.1 Å². The van der Waals surface area contributed by atoms with Crippen molar-refractivity contribution in [3.8, 4) is 5.69 Å². The van der Waals surface area contributed by atoms with Crippen LogP contribution in [0.3, 0.4) is 0 Å². The third-order valence-corrected chi connectivity index (χ3v) is 9.14. The first kappa shape index (κ1) is 24.9. The predicted octanol–water partition coefficient (Wildman–Crippen LogP) is 8.60. The zero-order chi connectivity index (χ0) is 29.0. The Morgan fingerprint density at radius 2 is 1.30 bits per heavy atom. The summed E-state index contributed by atoms with van der Waals surface area (Å²) in [6.45, 7) is 0. The maximum atomic E-state index is 5.45. The van der Waals surface area contributed by atoms with E-state index in [-0.39, 0.29) is 18.2 Å². The van der Waals surface area contributed by atoms with Gasteiger partial charge in [0.25, 0.3) is 0 Å². The summed E-state index contributed by atoms with van der Waals surface area (Å²) in [5.41, 5.74) is 10.5. The second-order valence-corrected chi connectivity index (χ2v) is 11.6. The van der Waals surface area contributed by atoms with Crippen LogP contribution in [0.15, 0.2) is 163 Å². The van der Waals surface area contributed by atoms with Crippen molar-refractivity contribution in [3.63, 3.8) is 0 Å². The Morgan fingerprint density at radius 1 is 0.614 bits per heavy atom. The van der Waals surface area contributed by atoms with Gasteiger partial charge in [-0.3, -0.25) is 0 Å². The van der Waals surface area contributed by atoms with Crippen molar-refractivity contribution in [1.29, 1.82) is 0 Å². The number of benzene rings is 5. The number of para-hydroxylation sites is 2. The quantitative estimate of drug-likeness (QED) is 0.232. The Balaban J connectivity index is 1.32. The number of hydrogen-bond donors (Lipinski definition) is 1. The van der Waals surface area contributed by atoms with E-state index in [4.69, 9.17) is 4.99 Å². The summed E-state index contributed by atoms with van der Waals surface area (Å²) in [6, 6.07) is 45.4. The topological polar surface area (TPSA) is 32.6 Å². The molecule has 44 heavy (non-hydrogen) atoms. The molecule has 6 aromatic rings. The number of rotatable bonds is 4. The van der Waals surface area contributed by atoms with Crippen LogP contribution in [0.25, 0.3) is 33.2 Å². The second-order valence-electron chi connectivity index (χ2n) is 11.6. The molecule has 0 bridgehead atoms. The third kappa shape index (κ3) is 3.81. The summed E-state index contributed by atoms with van der Waals surface area (Å²) in [5.74, 6) is 0.227. The van der Waals surface area contributed by atoms with Crippen LogP contribution in [0.5, 0.6) is 0 Å². The lowest BCUT2D eigenvalue weighted by Crippen LogP contribution is -2.50. The van der Waals surface area contributed by atoms with Crippen molar-refractivity contribution in [2.24, 2.45) is 4.99 Å².